The number of nitrogens with one attached hydrogen (secondary N) is 2. The van der Waals surface area contributed by atoms with E-state index < -0.39 is 0 Å². The van der Waals surface area contributed by atoms with Gasteiger partial charge in [-0.15, -0.1) is 0 Å². The number of pyridine rings is 1. The van der Waals surface area contributed by atoms with E-state index >= 15 is 0 Å². The third-order valence-electron chi connectivity index (χ3n) is 2.97. The van der Waals surface area contributed by atoms with Gasteiger partial charge in [0.1, 0.15) is 5.82 Å². The van der Waals surface area contributed by atoms with Crippen LogP contribution in [-0.2, 0) is 6.42 Å². The lowest BCUT2D eigenvalue weighted by atomic mass is 10.2. The molecule has 7 heteroatoms. The lowest BCUT2D eigenvalue weighted by Crippen LogP contribution is -2.26. The van der Waals surface area contributed by atoms with Crippen molar-refractivity contribution >= 4 is 17.0 Å². The second-order valence-electron chi connectivity index (χ2n) is 4.39. The molecule has 7 nitrogen and oxygen atoms in total. The van der Waals surface area contributed by atoms with Gasteiger partial charge in [-0.3, -0.25) is 4.79 Å². The largest absolute Gasteiger partial charge is 0.352 e. The third kappa shape index (κ3) is 2.37. The van der Waals surface area contributed by atoms with Gasteiger partial charge in [-0.2, -0.15) is 0 Å². The number of fused-ring (bicyclic) bond motifs is 1. The summed E-state index contributed by atoms with van der Waals surface area (Å²) in [6.07, 6.45) is 5.57. The average molecular weight is 271 g/mol. The molecule has 0 aliphatic carbocycles. The highest BCUT2D eigenvalue weighted by molar-refractivity contribution is 5.96. The Kier molecular flexibility index (Phi) is 3.16. The molecule has 3 heterocycles. The highest BCUT2D eigenvalue weighted by Crippen LogP contribution is 2.16. The fourth-order valence-corrected chi connectivity index (χ4v) is 1.90. The van der Waals surface area contributed by atoms with Crippen LogP contribution in [0.5, 0.6) is 0 Å². The summed E-state index contributed by atoms with van der Waals surface area (Å²) < 4.78 is 5.01. The highest BCUT2D eigenvalue weighted by Gasteiger charge is 2.11. The van der Waals surface area contributed by atoms with Gasteiger partial charge in [-0.05, 0) is 13.0 Å². The molecule has 0 radical (unpaired) electrons. The molecular weight excluding hydrogens is 258 g/mol. The van der Waals surface area contributed by atoms with Crippen LogP contribution in [0.15, 0.2) is 29.2 Å². The van der Waals surface area contributed by atoms with Crippen molar-refractivity contribution in [3.63, 3.8) is 0 Å². The van der Waals surface area contributed by atoms with Crippen molar-refractivity contribution in [2.24, 2.45) is 0 Å². The molecule has 3 rings (SSSR count). The second-order valence-corrected chi connectivity index (χ2v) is 4.39. The van der Waals surface area contributed by atoms with Crippen molar-refractivity contribution in [3.05, 3.63) is 41.7 Å². The lowest BCUT2D eigenvalue weighted by molar-refractivity contribution is 0.0954. The molecular formula is C13H13N5O2. The van der Waals surface area contributed by atoms with E-state index in [-0.39, 0.29) is 5.91 Å². The molecule has 0 atom stereocenters. The van der Waals surface area contributed by atoms with Gasteiger partial charge in [0.15, 0.2) is 0 Å². The number of nitrogens with zero attached hydrogens (tertiary/aromatic N) is 3. The number of hydrogen-bond donors (Lipinski definition) is 2. The number of hydrogen-bond acceptors (Lipinski definition) is 5. The molecule has 0 fully saturated rings. The van der Waals surface area contributed by atoms with Gasteiger partial charge < -0.3 is 14.8 Å². The maximum atomic E-state index is 12.0. The maximum absolute atomic E-state index is 12.0. The Morgan fingerprint density at radius 1 is 1.45 bits per heavy atom. The zero-order chi connectivity index (χ0) is 13.9. The first kappa shape index (κ1) is 12.3. The molecule has 0 aliphatic heterocycles. The van der Waals surface area contributed by atoms with Crippen molar-refractivity contribution in [1.29, 1.82) is 0 Å². The van der Waals surface area contributed by atoms with Crippen LogP contribution in [-0.4, -0.2) is 32.6 Å². The summed E-state index contributed by atoms with van der Waals surface area (Å²) in [6.45, 7) is 2.32. The highest BCUT2D eigenvalue weighted by atomic mass is 16.5. The predicted octanol–water partition coefficient (Wildman–Crippen LogP) is 1.23. The molecule has 20 heavy (non-hydrogen) atoms. The second kappa shape index (κ2) is 5.12. The van der Waals surface area contributed by atoms with Gasteiger partial charge in [0, 0.05) is 31.6 Å². The van der Waals surface area contributed by atoms with Crippen molar-refractivity contribution in [2.45, 2.75) is 13.3 Å². The monoisotopic (exact) mass is 271 g/mol. The molecule has 2 N–H and O–H groups in total. The van der Waals surface area contributed by atoms with Crippen molar-refractivity contribution in [2.75, 3.05) is 6.54 Å². The van der Waals surface area contributed by atoms with Gasteiger partial charge in [-0.25, -0.2) is 9.97 Å². The topological polar surface area (TPSA) is 96.7 Å². The predicted molar refractivity (Wildman–Crippen MR) is 71.2 cm³/mol. The number of aromatic nitrogens is 4. The first-order chi connectivity index (χ1) is 9.74. The minimum Gasteiger partial charge on any atom is -0.352 e. The van der Waals surface area contributed by atoms with Gasteiger partial charge in [0.05, 0.1) is 16.6 Å². The summed E-state index contributed by atoms with van der Waals surface area (Å²) in [6, 6.07) is 1.73. The van der Waals surface area contributed by atoms with Crippen molar-refractivity contribution in [1.82, 2.24) is 25.4 Å². The number of carbonyl (C=O) groups is 1. The van der Waals surface area contributed by atoms with Gasteiger partial charge in [0.25, 0.3) is 11.6 Å². The first-order valence-electron chi connectivity index (χ1n) is 6.22. The lowest BCUT2D eigenvalue weighted by Gasteiger charge is -2.03. The summed E-state index contributed by atoms with van der Waals surface area (Å²) in [5, 5.41) is 7.39. The number of rotatable bonds is 4. The van der Waals surface area contributed by atoms with E-state index in [1.54, 1.807) is 18.5 Å². The van der Waals surface area contributed by atoms with E-state index in [0.29, 0.717) is 24.2 Å². The third-order valence-corrected chi connectivity index (χ3v) is 2.97. The standard InChI is InChI=1S/C13H13N5O2/c1-8-10-6-9(7-17-13(10)20-18-8)12(19)16-3-2-11-14-4-5-15-11/h4-7H,2-3H2,1H3,(H,14,15)(H,16,19). The number of aromatic amines is 1. The summed E-state index contributed by atoms with van der Waals surface area (Å²) in [7, 11) is 0. The van der Waals surface area contributed by atoms with E-state index in [0.717, 1.165) is 16.9 Å². The van der Waals surface area contributed by atoms with Crippen LogP contribution in [0, 0.1) is 6.92 Å². The zero-order valence-electron chi connectivity index (χ0n) is 10.9. The van der Waals surface area contributed by atoms with Crippen LogP contribution in [0.4, 0.5) is 0 Å². The van der Waals surface area contributed by atoms with Crippen molar-refractivity contribution in [3.8, 4) is 0 Å². The minimum atomic E-state index is -0.174. The summed E-state index contributed by atoms with van der Waals surface area (Å²) in [5.41, 5.74) is 1.65. The molecule has 0 aliphatic rings. The van der Waals surface area contributed by atoms with Gasteiger partial charge >= 0.3 is 0 Å². The summed E-state index contributed by atoms with van der Waals surface area (Å²) >= 11 is 0. The van der Waals surface area contributed by atoms with E-state index in [1.165, 1.54) is 6.20 Å². The molecule has 3 aromatic rings. The van der Waals surface area contributed by atoms with Crippen LogP contribution >= 0.6 is 0 Å². The molecule has 0 unspecified atom stereocenters. The summed E-state index contributed by atoms with van der Waals surface area (Å²) in [5.74, 6) is 0.667. The number of amides is 1. The molecule has 0 saturated carbocycles. The molecule has 0 aromatic carbocycles. The summed E-state index contributed by atoms with van der Waals surface area (Å²) in [4.78, 5) is 23.2. The Morgan fingerprint density at radius 2 is 2.35 bits per heavy atom. The molecule has 102 valence electrons. The average Bonchev–Trinajstić information content (AvgIpc) is 3.09. The maximum Gasteiger partial charge on any atom is 0.257 e. The molecule has 3 aromatic heterocycles. The molecule has 1 amide bonds. The molecule has 0 bridgehead atoms. The quantitative estimate of drug-likeness (QED) is 0.743. The van der Waals surface area contributed by atoms with E-state index in [2.05, 4.69) is 25.4 Å². The fraction of sp³-hybridized carbons (Fsp3) is 0.231. The smallest absolute Gasteiger partial charge is 0.257 e. The Balaban J connectivity index is 1.67. The zero-order valence-corrected chi connectivity index (χ0v) is 10.9. The van der Waals surface area contributed by atoms with Crippen molar-refractivity contribution < 1.29 is 9.32 Å². The van der Waals surface area contributed by atoms with Crippen LogP contribution < -0.4 is 5.32 Å². The number of H-pyrrole nitrogens is 1. The fourth-order valence-electron chi connectivity index (χ4n) is 1.90. The number of imidazole rings is 1. The molecule has 0 spiro atoms. The van der Waals surface area contributed by atoms with Crippen LogP contribution in [0.3, 0.4) is 0 Å². The molecule has 0 saturated heterocycles. The first-order valence-corrected chi connectivity index (χ1v) is 6.22. The van der Waals surface area contributed by atoms with Crippen LogP contribution in [0.2, 0.25) is 0 Å². The van der Waals surface area contributed by atoms with Gasteiger partial charge in [-0.1, -0.05) is 5.16 Å². The number of carbonyl (C=O) groups excluding carboxylic acids is 1. The van der Waals surface area contributed by atoms with Crippen LogP contribution in [0.25, 0.3) is 11.1 Å². The van der Waals surface area contributed by atoms with E-state index in [1.807, 2.05) is 6.92 Å². The Labute approximate surface area is 114 Å². The SMILES string of the molecule is Cc1noc2ncc(C(=O)NCCc3ncc[nH]3)cc12. The Hall–Kier alpha value is -2.70. The van der Waals surface area contributed by atoms with E-state index in [9.17, 15) is 4.79 Å². The van der Waals surface area contributed by atoms with Crippen LogP contribution in [0.1, 0.15) is 21.9 Å². The minimum absolute atomic E-state index is 0.174. The normalized spacial score (nSPS) is 10.8. The number of aryl methyl sites for hydroxylation is 1. The Morgan fingerprint density at radius 3 is 3.15 bits per heavy atom. The van der Waals surface area contributed by atoms with E-state index in [4.69, 9.17) is 4.52 Å². The van der Waals surface area contributed by atoms with Gasteiger partial charge in [0.2, 0.25) is 0 Å². The Bertz CT molecular complexity index is 732.